The monoisotopic (exact) mass is 295 g/mol. The molecule has 0 fully saturated rings. The quantitative estimate of drug-likeness (QED) is 0.900. The smallest absolute Gasteiger partial charge is 0.143 e. The summed E-state index contributed by atoms with van der Waals surface area (Å²) in [5.74, 6) is 0.978. The van der Waals surface area contributed by atoms with Crippen molar-refractivity contribution in [3.05, 3.63) is 52.8 Å². The zero-order chi connectivity index (χ0) is 14.5. The van der Waals surface area contributed by atoms with Gasteiger partial charge in [-0.2, -0.15) is 0 Å². The van der Waals surface area contributed by atoms with E-state index in [4.69, 9.17) is 21.1 Å². The van der Waals surface area contributed by atoms with E-state index in [-0.39, 0.29) is 5.02 Å². The minimum atomic E-state index is -0.445. The molecule has 2 rings (SSSR count). The van der Waals surface area contributed by atoms with Crippen LogP contribution in [0, 0.1) is 5.82 Å². The summed E-state index contributed by atoms with van der Waals surface area (Å²) in [7, 11) is 3.20. The molecule has 0 bridgehead atoms. The van der Waals surface area contributed by atoms with Crippen molar-refractivity contribution in [2.75, 3.05) is 19.5 Å². The van der Waals surface area contributed by atoms with Gasteiger partial charge in [0.2, 0.25) is 0 Å². The van der Waals surface area contributed by atoms with E-state index in [9.17, 15) is 4.39 Å². The van der Waals surface area contributed by atoms with Crippen molar-refractivity contribution in [3.8, 4) is 11.5 Å². The van der Waals surface area contributed by atoms with E-state index in [2.05, 4.69) is 5.32 Å². The second-order valence-corrected chi connectivity index (χ2v) is 4.61. The Morgan fingerprint density at radius 3 is 2.25 bits per heavy atom. The highest BCUT2D eigenvalue weighted by Gasteiger charge is 2.04. The largest absolute Gasteiger partial charge is 0.497 e. The third-order valence-electron chi connectivity index (χ3n) is 2.83. The van der Waals surface area contributed by atoms with Crippen LogP contribution in [0.5, 0.6) is 11.5 Å². The van der Waals surface area contributed by atoms with Gasteiger partial charge in [0.05, 0.1) is 19.2 Å². The van der Waals surface area contributed by atoms with E-state index in [1.54, 1.807) is 26.4 Å². The van der Waals surface area contributed by atoms with Crippen molar-refractivity contribution < 1.29 is 13.9 Å². The highest BCUT2D eigenvalue weighted by atomic mass is 35.5. The molecular formula is C15H15ClFNO2. The molecule has 0 atom stereocenters. The fraction of sp³-hybridized carbons (Fsp3) is 0.200. The third-order valence-corrected chi connectivity index (χ3v) is 3.13. The lowest BCUT2D eigenvalue weighted by Gasteiger charge is -2.10. The first kappa shape index (κ1) is 14.5. The van der Waals surface area contributed by atoms with Crippen molar-refractivity contribution in [3.63, 3.8) is 0 Å². The van der Waals surface area contributed by atoms with Gasteiger partial charge in [-0.1, -0.05) is 11.6 Å². The number of nitrogens with one attached hydrogen (secondary N) is 1. The lowest BCUT2D eigenvalue weighted by atomic mass is 10.2. The molecule has 0 aliphatic heterocycles. The third kappa shape index (κ3) is 3.54. The van der Waals surface area contributed by atoms with Gasteiger partial charge < -0.3 is 14.8 Å². The van der Waals surface area contributed by atoms with Gasteiger partial charge in [0.1, 0.15) is 17.3 Å². The second-order valence-electron chi connectivity index (χ2n) is 4.20. The molecule has 0 saturated heterocycles. The number of halogens is 2. The van der Waals surface area contributed by atoms with Crippen LogP contribution in [0.4, 0.5) is 10.1 Å². The molecular weight excluding hydrogens is 281 g/mol. The Bertz CT molecular complexity index is 582. The van der Waals surface area contributed by atoms with Crippen molar-refractivity contribution in [1.82, 2.24) is 0 Å². The summed E-state index contributed by atoms with van der Waals surface area (Å²) in [6, 6.07) is 10.2. The van der Waals surface area contributed by atoms with Gasteiger partial charge in [-0.15, -0.1) is 0 Å². The maximum absolute atomic E-state index is 13.3. The molecule has 20 heavy (non-hydrogen) atoms. The van der Waals surface area contributed by atoms with Gasteiger partial charge in [-0.25, -0.2) is 4.39 Å². The molecule has 0 unspecified atom stereocenters. The van der Waals surface area contributed by atoms with Crippen molar-refractivity contribution in [2.45, 2.75) is 6.54 Å². The standard InChI is InChI=1S/C15H15ClFNO2/c1-19-12-5-10(6-13(8-12)20-2)9-18-11-3-4-14(16)15(17)7-11/h3-8,18H,9H2,1-2H3. The molecule has 0 spiro atoms. The summed E-state index contributed by atoms with van der Waals surface area (Å²) in [4.78, 5) is 0. The molecule has 106 valence electrons. The van der Waals surface area contributed by atoms with Crippen molar-refractivity contribution in [2.24, 2.45) is 0 Å². The SMILES string of the molecule is COc1cc(CNc2ccc(Cl)c(F)c2)cc(OC)c1. The lowest BCUT2D eigenvalue weighted by Crippen LogP contribution is -2.01. The Balaban J connectivity index is 2.11. The maximum atomic E-state index is 13.3. The molecule has 2 aromatic rings. The van der Waals surface area contributed by atoms with Gasteiger partial charge in [-0.3, -0.25) is 0 Å². The molecule has 0 amide bonds. The molecule has 0 aromatic heterocycles. The Morgan fingerprint density at radius 1 is 1.05 bits per heavy atom. The second kappa shape index (κ2) is 6.48. The minimum absolute atomic E-state index is 0.110. The van der Waals surface area contributed by atoms with Crippen LogP contribution in [-0.2, 0) is 6.54 Å². The summed E-state index contributed by atoms with van der Waals surface area (Å²) in [6.45, 7) is 0.522. The number of rotatable bonds is 5. The molecule has 0 radical (unpaired) electrons. The van der Waals surface area contributed by atoms with Crippen LogP contribution in [0.15, 0.2) is 36.4 Å². The molecule has 1 N–H and O–H groups in total. The predicted molar refractivity (Wildman–Crippen MR) is 78.3 cm³/mol. The first-order valence-electron chi connectivity index (χ1n) is 6.03. The minimum Gasteiger partial charge on any atom is -0.497 e. The number of benzene rings is 2. The normalized spacial score (nSPS) is 10.2. The molecule has 2 aromatic carbocycles. The molecule has 5 heteroatoms. The van der Waals surface area contributed by atoms with Crippen LogP contribution in [0.1, 0.15) is 5.56 Å². The van der Waals surface area contributed by atoms with Crippen LogP contribution in [0.2, 0.25) is 5.02 Å². The molecule has 0 aliphatic carbocycles. The Kier molecular flexibility index (Phi) is 4.69. The van der Waals surface area contributed by atoms with Crippen LogP contribution in [0.3, 0.4) is 0 Å². The van der Waals surface area contributed by atoms with Crippen molar-refractivity contribution in [1.29, 1.82) is 0 Å². The van der Waals surface area contributed by atoms with E-state index in [1.165, 1.54) is 12.1 Å². The van der Waals surface area contributed by atoms with E-state index >= 15 is 0 Å². The van der Waals surface area contributed by atoms with Gasteiger partial charge in [0, 0.05) is 18.3 Å². The predicted octanol–water partition coefficient (Wildman–Crippen LogP) is 4.11. The number of hydrogen-bond donors (Lipinski definition) is 1. The fourth-order valence-corrected chi connectivity index (χ4v) is 1.90. The molecule has 0 saturated carbocycles. The zero-order valence-corrected chi connectivity index (χ0v) is 12.0. The summed E-state index contributed by atoms with van der Waals surface area (Å²) >= 11 is 5.64. The summed E-state index contributed by atoms with van der Waals surface area (Å²) < 4.78 is 23.7. The topological polar surface area (TPSA) is 30.5 Å². The van der Waals surface area contributed by atoms with Crippen LogP contribution in [0.25, 0.3) is 0 Å². The molecule has 0 aliphatic rings. The number of ether oxygens (including phenoxy) is 2. The van der Waals surface area contributed by atoms with E-state index in [0.717, 1.165) is 5.56 Å². The van der Waals surface area contributed by atoms with E-state index in [1.807, 2.05) is 12.1 Å². The Hall–Kier alpha value is -1.94. The van der Waals surface area contributed by atoms with Crippen LogP contribution in [-0.4, -0.2) is 14.2 Å². The molecule has 0 heterocycles. The Morgan fingerprint density at radius 2 is 1.70 bits per heavy atom. The first-order chi connectivity index (χ1) is 9.62. The highest BCUT2D eigenvalue weighted by Crippen LogP contribution is 2.24. The number of methoxy groups -OCH3 is 2. The van der Waals surface area contributed by atoms with Crippen molar-refractivity contribution >= 4 is 17.3 Å². The fourth-order valence-electron chi connectivity index (χ4n) is 1.78. The first-order valence-corrected chi connectivity index (χ1v) is 6.41. The molecule has 3 nitrogen and oxygen atoms in total. The Labute approximate surface area is 122 Å². The average molecular weight is 296 g/mol. The van der Waals surface area contributed by atoms with Gasteiger partial charge in [0.15, 0.2) is 0 Å². The summed E-state index contributed by atoms with van der Waals surface area (Å²) in [5.41, 5.74) is 1.63. The average Bonchev–Trinajstić information content (AvgIpc) is 2.48. The highest BCUT2D eigenvalue weighted by molar-refractivity contribution is 6.30. The van der Waals surface area contributed by atoms with Crippen LogP contribution < -0.4 is 14.8 Å². The lowest BCUT2D eigenvalue weighted by molar-refractivity contribution is 0.393. The zero-order valence-electron chi connectivity index (χ0n) is 11.2. The number of anilines is 1. The van der Waals surface area contributed by atoms with Gasteiger partial charge in [0.25, 0.3) is 0 Å². The number of hydrogen-bond acceptors (Lipinski definition) is 3. The summed E-state index contributed by atoms with van der Waals surface area (Å²) in [5, 5.41) is 3.23. The summed E-state index contributed by atoms with van der Waals surface area (Å²) in [6.07, 6.45) is 0. The van der Waals surface area contributed by atoms with E-state index in [0.29, 0.717) is 23.7 Å². The van der Waals surface area contributed by atoms with Gasteiger partial charge in [-0.05, 0) is 35.9 Å². The maximum Gasteiger partial charge on any atom is 0.143 e. The van der Waals surface area contributed by atoms with E-state index < -0.39 is 5.82 Å². The van der Waals surface area contributed by atoms with Gasteiger partial charge >= 0.3 is 0 Å². The van der Waals surface area contributed by atoms with Crippen LogP contribution >= 0.6 is 11.6 Å².